The number of para-hydroxylation sites is 2. The van der Waals surface area contributed by atoms with Crippen LogP contribution in [0.5, 0.6) is 0 Å². The molecule has 0 unspecified atom stereocenters. The van der Waals surface area contributed by atoms with Crippen LogP contribution >= 0.6 is 0 Å². The minimum absolute atomic E-state index is 0.534. The number of nitrogens with zero attached hydrogens (tertiary/aromatic N) is 3. The van der Waals surface area contributed by atoms with Gasteiger partial charge < -0.3 is 13.4 Å². The maximum atomic E-state index is 6.94. The average molecular weight is 704 g/mol. The van der Waals surface area contributed by atoms with Crippen LogP contribution in [0.1, 0.15) is 0 Å². The zero-order valence-corrected chi connectivity index (χ0v) is 29.4. The number of rotatable bonds is 4. The topological polar surface area (TPSA) is 57.0 Å². The third-order valence-electron chi connectivity index (χ3n) is 11.0. The number of benzene rings is 8. The smallest absolute Gasteiger partial charge is 0.231 e. The van der Waals surface area contributed by atoms with Crippen LogP contribution < -0.4 is 0 Å². The molecule has 0 saturated carbocycles. The van der Waals surface area contributed by atoms with Gasteiger partial charge in [0, 0.05) is 32.7 Å². The van der Waals surface area contributed by atoms with Crippen LogP contribution in [-0.4, -0.2) is 14.5 Å². The Balaban J connectivity index is 1.21. The number of aromatic nitrogens is 3. The van der Waals surface area contributed by atoms with Crippen molar-refractivity contribution in [2.24, 2.45) is 0 Å². The predicted octanol–water partition coefficient (Wildman–Crippen LogP) is 13.5. The molecule has 0 radical (unpaired) electrons. The normalized spacial score (nSPS) is 12.0. The first-order chi connectivity index (χ1) is 27.3. The van der Waals surface area contributed by atoms with E-state index in [0.29, 0.717) is 11.5 Å². The molecule has 5 heteroatoms. The van der Waals surface area contributed by atoms with Gasteiger partial charge in [0.05, 0.1) is 33.2 Å². The van der Waals surface area contributed by atoms with Crippen molar-refractivity contribution in [1.29, 1.82) is 0 Å². The van der Waals surface area contributed by atoms with Gasteiger partial charge in [-0.15, -0.1) is 0 Å². The Morgan fingerprint density at radius 2 is 1.13 bits per heavy atom. The molecule has 256 valence electrons. The van der Waals surface area contributed by atoms with Gasteiger partial charge in [0.2, 0.25) is 5.71 Å². The first kappa shape index (κ1) is 30.0. The lowest BCUT2D eigenvalue weighted by atomic mass is 9.99. The van der Waals surface area contributed by atoms with Crippen molar-refractivity contribution >= 4 is 76.6 Å². The molecule has 55 heavy (non-hydrogen) atoms. The van der Waals surface area contributed by atoms with Gasteiger partial charge in [-0.3, -0.25) is 0 Å². The molecule has 0 atom stereocenters. The highest BCUT2D eigenvalue weighted by Crippen LogP contribution is 2.46. The predicted molar refractivity (Wildman–Crippen MR) is 225 cm³/mol. The lowest BCUT2D eigenvalue weighted by Gasteiger charge is -2.13. The molecule has 0 aliphatic heterocycles. The van der Waals surface area contributed by atoms with E-state index in [9.17, 15) is 0 Å². The van der Waals surface area contributed by atoms with E-state index in [1.54, 1.807) is 0 Å². The van der Waals surface area contributed by atoms with Crippen molar-refractivity contribution in [3.63, 3.8) is 0 Å². The monoisotopic (exact) mass is 703 g/mol. The van der Waals surface area contributed by atoms with Gasteiger partial charge in [-0.25, -0.2) is 4.98 Å². The minimum atomic E-state index is 0.534. The summed E-state index contributed by atoms with van der Waals surface area (Å²) in [6.45, 7) is 0. The molecule has 4 heterocycles. The van der Waals surface area contributed by atoms with Gasteiger partial charge in [0.25, 0.3) is 0 Å². The van der Waals surface area contributed by atoms with E-state index in [4.69, 9.17) is 18.8 Å². The van der Waals surface area contributed by atoms with Crippen LogP contribution in [0.15, 0.2) is 185 Å². The average Bonchev–Trinajstić information content (AvgIpc) is 3.93. The summed E-state index contributed by atoms with van der Waals surface area (Å²) in [5.74, 6) is 0.591. The Kier molecular flexibility index (Phi) is 6.27. The number of furan rings is 2. The highest BCUT2D eigenvalue weighted by Gasteiger charge is 2.25. The number of hydrogen-bond donors (Lipinski definition) is 0. The van der Waals surface area contributed by atoms with Gasteiger partial charge >= 0.3 is 0 Å². The van der Waals surface area contributed by atoms with Crippen LogP contribution in [-0.2, 0) is 0 Å². The fourth-order valence-corrected chi connectivity index (χ4v) is 8.58. The van der Waals surface area contributed by atoms with E-state index in [1.807, 2.05) is 54.6 Å². The summed E-state index contributed by atoms with van der Waals surface area (Å²) in [6.07, 6.45) is 0. The summed E-state index contributed by atoms with van der Waals surface area (Å²) >= 11 is 0. The first-order valence-corrected chi connectivity index (χ1v) is 18.5. The van der Waals surface area contributed by atoms with Crippen LogP contribution in [0.3, 0.4) is 0 Å². The summed E-state index contributed by atoms with van der Waals surface area (Å²) in [4.78, 5) is 10.4. The molecule has 0 bridgehead atoms. The summed E-state index contributed by atoms with van der Waals surface area (Å²) in [6, 6.07) is 61.4. The van der Waals surface area contributed by atoms with E-state index >= 15 is 0 Å². The molecule has 0 saturated heterocycles. The van der Waals surface area contributed by atoms with Crippen LogP contribution in [0, 0.1) is 0 Å². The summed E-state index contributed by atoms with van der Waals surface area (Å²) < 4.78 is 15.9. The quantitative estimate of drug-likeness (QED) is 0.183. The largest absolute Gasteiger partial charge is 0.455 e. The lowest BCUT2D eigenvalue weighted by Crippen LogP contribution is -1.97. The zero-order valence-electron chi connectivity index (χ0n) is 29.4. The first-order valence-electron chi connectivity index (χ1n) is 18.5. The molecule has 0 aliphatic rings. The van der Waals surface area contributed by atoms with E-state index in [1.165, 1.54) is 21.5 Å². The van der Waals surface area contributed by atoms with E-state index in [2.05, 4.69) is 126 Å². The second-order valence-electron chi connectivity index (χ2n) is 14.1. The molecular formula is C50H29N3O2. The molecule has 4 aromatic heterocycles. The summed E-state index contributed by atoms with van der Waals surface area (Å²) in [5.41, 5.74) is 11.0. The molecule has 0 fully saturated rings. The molecule has 12 aromatic rings. The number of hydrogen-bond acceptors (Lipinski definition) is 4. The Labute approximate surface area is 314 Å². The fourth-order valence-electron chi connectivity index (χ4n) is 8.58. The standard InChI is InChI=1S/C50H29N3O2/c1-3-13-30(14-4-1)33-24-28-43-38(29-33)46-47(51-49(52-50(46)55-43)32-16-5-2-6-17-32)37-25-27-41(45-36-20-10-12-22-42(36)54-48(37)45)53-39-21-11-9-19-35(39)44-34-18-8-7-15-31(34)23-26-40(44)53/h1-29H. The number of fused-ring (bicyclic) bond motifs is 11. The third-order valence-corrected chi connectivity index (χ3v) is 11.0. The SMILES string of the molecule is c1ccc(-c2ccc3oc4nc(-c5ccccc5)nc(-c5ccc(-n6c7ccccc7c7c8ccccc8ccc76)c6c5oc5ccccc56)c4c3c2)cc1. The van der Waals surface area contributed by atoms with Crippen molar-refractivity contribution in [3.8, 4) is 39.5 Å². The van der Waals surface area contributed by atoms with Crippen molar-refractivity contribution in [2.45, 2.75) is 0 Å². The van der Waals surface area contributed by atoms with E-state index in [0.717, 1.165) is 83.0 Å². The van der Waals surface area contributed by atoms with Gasteiger partial charge in [-0.2, -0.15) is 4.98 Å². The fraction of sp³-hybridized carbons (Fsp3) is 0. The highest BCUT2D eigenvalue weighted by atomic mass is 16.3. The Hall–Kier alpha value is -7.50. The van der Waals surface area contributed by atoms with Crippen LogP contribution in [0.4, 0.5) is 0 Å². The van der Waals surface area contributed by atoms with Crippen LogP contribution in [0.2, 0.25) is 0 Å². The molecule has 0 amide bonds. The highest BCUT2D eigenvalue weighted by molar-refractivity contribution is 6.23. The maximum Gasteiger partial charge on any atom is 0.231 e. The molecule has 8 aromatic carbocycles. The second-order valence-corrected chi connectivity index (χ2v) is 14.1. The maximum absolute atomic E-state index is 6.94. The lowest BCUT2D eigenvalue weighted by molar-refractivity contribution is 0.653. The molecular weight excluding hydrogens is 675 g/mol. The van der Waals surface area contributed by atoms with Crippen LogP contribution in [0.25, 0.3) is 116 Å². The molecule has 0 N–H and O–H groups in total. The van der Waals surface area contributed by atoms with E-state index in [-0.39, 0.29) is 0 Å². The van der Waals surface area contributed by atoms with Crippen molar-refractivity contribution < 1.29 is 8.83 Å². The van der Waals surface area contributed by atoms with E-state index < -0.39 is 0 Å². The zero-order chi connectivity index (χ0) is 36.0. The molecule has 0 spiro atoms. The Morgan fingerprint density at radius 3 is 1.98 bits per heavy atom. The van der Waals surface area contributed by atoms with Gasteiger partial charge in [0.1, 0.15) is 16.7 Å². The summed E-state index contributed by atoms with van der Waals surface area (Å²) in [5, 5.41) is 8.77. The Morgan fingerprint density at radius 1 is 0.418 bits per heavy atom. The van der Waals surface area contributed by atoms with Crippen molar-refractivity contribution in [3.05, 3.63) is 176 Å². The minimum Gasteiger partial charge on any atom is -0.455 e. The molecule has 12 rings (SSSR count). The summed E-state index contributed by atoms with van der Waals surface area (Å²) in [7, 11) is 0. The van der Waals surface area contributed by atoms with Crippen molar-refractivity contribution in [1.82, 2.24) is 14.5 Å². The van der Waals surface area contributed by atoms with Gasteiger partial charge in [0.15, 0.2) is 5.82 Å². The van der Waals surface area contributed by atoms with Gasteiger partial charge in [-0.1, -0.05) is 133 Å². The Bertz CT molecular complexity index is 3480. The third kappa shape index (κ3) is 4.41. The molecule has 0 aliphatic carbocycles. The van der Waals surface area contributed by atoms with Gasteiger partial charge in [-0.05, 0) is 64.4 Å². The molecule has 5 nitrogen and oxygen atoms in total. The van der Waals surface area contributed by atoms with Crippen molar-refractivity contribution in [2.75, 3.05) is 0 Å². The second kappa shape index (κ2) is 11.5.